The van der Waals surface area contributed by atoms with Gasteiger partial charge in [-0.3, -0.25) is 4.57 Å². The second kappa shape index (κ2) is 6.94. The van der Waals surface area contributed by atoms with Gasteiger partial charge in [0.2, 0.25) is 0 Å². The van der Waals surface area contributed by atoms with Gasteiger partial charge in [-0.1, -0.05) is 25.0 Å². The second-order valence-corrected chi connectivity index (χ2v) is 6.60. The van der Waals surface area contributed by atoms with Crippen molar-refractivity contribution in [2.45, 2.75) is 39.5 Å². The summed E-state index contributed by atoms with van der Waals surface area (Å²) in [7, 11) is 0. The number of carbonyl (C=O) groups is 1. The number of esters is 1. The molecular formula is C19H20FN5O2. The number of benzene rings is 1. The van der Waals surface area contributed by atoms with Crippen molar-refractivity contribution in [1.29, 1.82) is 0 Å². The van der Waals surface area contributed by atoms with Crippen molar-refractivity contribution in [3.8, 4) is 11.4 Å². The maximum atomic E-state index is 13.9. The minimum atomic E-state index is -0.443. The van der Waals surface area contributed by atoms with Crippen molar-refractivity contribution in [2.24, 2.45) is 0 Å². The van der Waals surface area contributed by atoms with Gasteiger partial charge >= 0.3 is 5.97 Å². The largest absolute Gasteiger partial charge is 0.461 e. The van der Waals surface area contributed by atoms with Crippen molar-refractivity contribution in [1.82, 2.24) is 24.5 Å². The molecule has 1 aliphatic heterocycles. The summed E-state index contributed by atoms with van der Waals surface area (Å²) in [4.78, 5) is 16.8. The molecule has 0 amide bonds. The maximum Gasteiger partial charge on any atom is 0.358 e. The third-order valence-corrected chi connectivity index (χ3v) is 4.76. The zero-order valence-corrected chi connectivity index (χ0v) is 15.3. The van der Waals surface area contributed by atoms with Gasteiger partial charge in [0.15, 0.2) is 5.69 Å². The topological polar surface area (TPSA) is 74.8 Å². The predicted octanol–water partition coefficient (Wildman–Crippen LogP) is 3.15. The first-order valence-corrected chi connectivity index (χ1v) is 9.05. The van der Waals surface area contributed by atoms with E-state index in [1.807, 2.05) is 6.92 Å². The van der Waals surface area contributed by atoms with Crippen LogP contribution in [0.2, 0.25) is 0 Å². The van der Waals surface area contributed by atoms with Crippen molar-refractivity contribution < 1.29 is 13.9 Å². The Labute approximate surface area is 155 Å². The number of hydrogen-bond donors (Lipinski definition) is 0. The highest BCUT2D eigenvalue weighted by Gasteiger charge is 2.28. The van der Waals surface area contributed by atoms with Crippen LogP contribution in [0.4, 0.5) is 4.39 Å². The number of aryl methyl sites for hydroxylation is 1. The first kappa shape index (κ1) is 17.4. The number of hydrogen-bond acceptors (Lipinski definition) is 5. The van der Waals surface area contributed by atoms with Gasteiger partial charge in [-0.15, -0.1) is 5.10 Å². The molecule has 3 aromatic rings. The minimum absolute atomic E-state index is 0.274. The van der Waals surface area contributed by atoms with E-state index in [2.05, 4.69) is 22.2 Å². The monoisotopic (exact) mass is 369 g/mol. The van der Waals surface area contributed by atoms with Crippen molar-refractivity contribution in [3.05, 3.63) is 53.1 Å². The fourth-order valence-corrected chi connectivity index (χ4v) is 3.31. The Morgan fingerprint density at radius 2 is 2.11 bits per heavy atom. The lowest BCUT2D eigenvalue weighted by molar-refractivity contribution is 0.0490. The number of aromatic nitrogens is 5. The van der Waals surface area contributed by atoms with E-state index in [1.165, 1.54) is 12.1 Å². The molecule has 0 N–H and O–H groups in total. The van der Waals surface area contributed by atoms with E-state index in [9.17, 15) is 9.18 Å². The molecule has 8 heteroatoms. The zero-order chi connectivity index (χ0) is 19.0. The predicted molar refractivity (Wildman–Crippen MR) is 95.8 cm³/mol. The molecule has 0 saturated carbocycles. The Morgan fingerprint density at radius 3 is 2.93 bits per heavy atom. The smallest absolute Gasteiger partial charge is 0.358 e. The molecule has 0 atom stereocenters. The Morgan fingerprint density at radius 1 is 1.26 bits per heavy atom. The van der Waals surface area contributed by atoms with Crippen LogP contribution in [0.1, 0.15) is 53.8 Å². The average molecular weight is 369 g/mol. The van der Waals surface area contributed by atoms with Crippen LogP contribution in [0.3, 0.4) is 0 Å². The third kappa shape index (κ3) is 3.01. The SMILES string of the molecule is CCCCCOC(=O)c1ncn2c1Cc1c(C)nnn1-c1cc(F)ccc1-2. The molecule has 0 radical (unpaired) electrons. The lowest BCUT2D eigenvalue weighted by Gasteiger charge is -2.09. The number of fused-ring (bicyclic) bond motifs is 5. The number of imidazole rings is 1. The van der Waals surface area contributed by atoms with Crippen molar-refractivity contribution in [3.63, 3.8) is 0 Å². The molecule has 0 saturated heterocycles. The quantitative estimate of drug-likeness (QED) is 0.399. The molecule has 0 bridgehead atoms. The Bertz CT molecular complexity index is 1010. The zero-order valence-electron chi connectivity index (χ0n) is 15.3. The van der Waals surface area contributed by atoms with Crippen LogP contribution >= 0.6 is 0 Å². The Balaban J connectivity index is 1.77. The average Bonchev–Trinajstić information content (AvgIpc) is 3.20. The highest BCUT2D eigenvalue weighted by molar-refractivity contribution is 5.89. The van der Waals surface area contributed by atoms with Crippen LogP contribution in [0, 0.1) is 12.7 Å². The lowest BCUT2D eigenvalue weighted by atomic mass is 10.1. The number of nitrogens with zero attached hydrogens (tertiary/aromatic N) is 5. The summed E-state index contributed by atoms with van der Waals surface area (Å²) in [6.07, 6.45) is 4.87. The first-order valence-electron chi connectivity index (χ1n) is 9.05. The van der Waals surface area contributed by atoms with Crippen LogP contribution in [-0.2, 0) is 11.2 Å². The lowest BCUT2D eigenvalue weighted by Crippen LogP contribution is -2.11. The number of halogens is 1. The number of rotatable bonds is 5. The number of ether oxygens (including phenoxy) is 1. The molecule has 7 nitrogen and oxygen atoms in total. The number of unbranched alkanes of at least 4 members (excludes halogenated alkanes) is 2. The molecule has 0 spiro atoms. The van der Waals surface area contributed by atoms with E-state index >= 15 is 0 Å². The Kier molecular flexibility index (Phi) is 4.47. The molecule has 0 fully saturated rings. The van der Waals surface area contributed by atoms with Gasteiger partial charge < -0.3 is 4.74 Å². The van der Waals surface area contributed by atoms with Gasteiger partial charge in [0.25, 0.3) is 0 Å². The van der Waals surface area contributed by atoms with Crippen LogP contribution in [0.15, 0.2) is 24.5 Å². The van der Waals surface area contributed by atoms with Gasteiger partial charge in [0.1, 0.15) is 12.1 Å². The second-order valence-electron chi connectivity index (χ2n) is 6.60. The van der Waals surface area contributed by atoms with E-state index in [0.29, 0.717) is 30.1 Å². The summed E-state index contributed by atoms with van der Waals surface area (Å²) in [6, 6.07) is 4.43. The normalized spacial score (nSPS) is 12.1. The molecule has 2 aromatic heterocycles. The minimum Gasteiger partial charge on any atom is -0.461 e. The van der Waals surface area contributed by atoms with Crippen LogP contribution in [0.25, 0.3) is 11.4 Å². The number of carbonyl (C=O) groups excluding carboxylic acids is 1. The van der Waals surface area contributed by atoms with Gasteiger partial charge in [-0.25, -0.2) is 18.9 Å². The van der Waals surface area contributed by atoms with Gasteiger partial charge in [-0.05, 0) is 25.5 Å². The molecule has 0 aliphatic carbocycles. The maximum absolute atomic E-state index is 13.9. The molecule has 4 rings (SSSR count). The molecule has 140 valence electrons. The molecule has 27 heavy (non-hydrogen) atoms. The van der Waals surface area contributed by atoms with E-state index in [1.54, 1.807) is 21.6 Å². The van der Waals surface area contributed by atoms with E-state index < -0.39 is 5.97 Å². The molecule has 0 unspecified atom stereocenters. The first-order chi connectivity index (χ1) is 13.1. The Hall–Kier alpha value is -3.03. The highest BCUT2D eigenvalue weighted by atomic mass is 19.1. The summed E-state index contributed by atoms with van der Waals surface area (Å²) in [5, 5.41) is 8.27. The summed E-state index contributed by atoms with van der Waals surface area (Å²) >= 11 is 0. The molecule has 3 heterocycles. The van der Waals surface area contributed by atoms with Crippen LogP contribution in [-0.4, -0.2) is 37.1 Å². The highest BCUT2D eigenvalue weighted by Crippen LogP contribution is 2.30. The molecule has 1 aliphatic rings. The van der Waals surface area contributed by atoms with Gasteiger partial charge in [0, 0.05) is 12.5 Å². The summed E-state index contributed by atoms with van der Waals surface area (Å²) in [6.45, 7) is 4.31. The van der Waals surface area contributed by atoms with Crippen LogP contribution < -0.4 is 0 Å². The van der Waals surface area contributed by atoms with Gasteiger partial charge in [0.05, 0.1) is 35.1 Å². The summed E-state index contributed by atoms with van der Waals surface area (Å²) in [5.41, 5.74) is 3.73. The fraction of sp³-hybridized carbons (Fsp3) is 0.368. The van der Waals surface area contributed by atoms with Crippen molar-refractivity contribution in [2.75, 3.05) is 6.61 Å². The fourth-order valence-electron chi connectivity index (χ4n) is 3.31. The van der Waals surface area contributed by atoms with Crippen LogP contribution in [0.5, 0.6) is 0 Å². The summed E-state index contributed by atoms with van der Waals surface area (Å²) in [5.74, 6) is -0.811. The molecule has 1 aromatic carbocycles. The summed E-state index contributed by atoms with van der Waals surface area (Å²) < 4.78 is 22.7. The molecular weight excluding hydrogens is 349 g/mol. The van der Waals surface area contributed by atoms with E-state index in [4.69, 9.17) is 4.74 Å². The van der Waals surface area contributed by atoms with E-state index in [-0.39, 0.29) is 11.5 Å². The standard InChI is InChI=1S/C19H20FN5O2/c1-3-4-5-8-27-19(26)18-17-10-15-12(2)22-23-25(15)16-9-13(20)6-7-14(16)24(17)11-21-18/h6-7,9,11H,3-5,8,10H2,1-2H3. The van der Waals surface area contributed by atoms with E-state index in [0.717, 1.165) is 30.7 Å². The van der Waals surface area contributed by atoms with Gasteiger partial charge in [-0.2, -0.15) is 0 Å². The third-order valence-electron chi connectivity index (χ3n) is 4.76. The van der Waals surface area contributed by atoms with Crippen molar-refractivity contribution >= 4 is 5.97 Å².